The number of methoxy groups -OCH3 is 1. The molecule has 1 fully saturated rings. The molecule has 0 spiro atoms. The molecule has 2 aliphatic rings. The van der Waals surface area contributed by atoms with Gasteiger partial charge in [-0.3, -0.25) is 4.79 Å². The smallest absolute Gasteiger partial charge is 0.338 e. The van der Waals surface area contributed by atoms with E-state index >= 15 is 0 Å². The molecule has 1 saturated heterocycles. The fourth-order valence-corrected chi connectivity index (χ4v) is 3.74. The van der Waals surface area contributed by atoms with Gasteiger partial charge in [-0.25, -0.2) is 4.79 Å². The molecule has 7 heteroatoms. The van der Waals surface area contributed by atoms with Gasteiger partial charge < -0.3 is 14.5 Å². The van der Waals surface area contributed by atoms with E-state index in [1.54, 1.807) is 29.2 Å². The highest BCUT2D eigenvalue weighted by Crippen LogP contribution is 2.24. The minimum absolute atomic E-state index is 0.143. The lowest BCUT2D eigenvalue weighted by Gasteiger charge is -2.35. The standard InChI is InChI=1S/C20H22N4O3/c1-27-20(26)16-7-3-2-6-15(16)19(25)24-11-9-23(10-12-24)18-13-14-5-4-8-17(14)21-22-18/h2-3,6-7,13H,4-5,8-12H2,1H3. The molecule has 0 bridgehead atoms. The van der Waals surface area contributed by atoms with Crippen LogP contribution in [0.15, 0.2) is 30.3 Å². The molecule has 2 heterocycles. The van der Waals surface area contributed by atoms with Crippen molar-refractivity contribution in [1.29, 1.82) is 0 Å². The van der Waals surface area contributed by atoms with Crippen molar-refractivity contribution in [3.63, 3.8) is 0 Å². The number of carbonyl (C=O) groups excluding carboxylic acids is 2. The Labute approximate surface area is 157 Å². The van der Waals surface area contributed by atoms with E-state index in [2.05, 4.69) is 21.2 Å². The molecule has 27 heavy (non-hydrogen) atoms. The number of anilines is 1. The number of benzene rings is 1. The first-order valence-corrected chi connectivity index (χ1v) is 9.24. The van der Waals surface area contributed by atoms with Gasteiger partial charge in [-0.2, -0.15) is 5.10 Å². The van der Waals surface area contributed by atoms with Gasteiger partial charge in [0.1, 0.15) is 0 Å². The molecule has 1 amide bonds. The molecule has 0 radical (unpaired) electrons. The van der Waals surface area contributed by atoms with Crippen LogP contribution < -0.4 is 4.90 Å². The van der Waals surface area contributed by atoms with Gasteiger partial charge in [0.25, 0.3) is 5.91 Å². The predicted molar refractivity (Wildman–Crippen MR) is 100.0 cm³/mol. The van der Waals surface area contributed by atoms with Gasteiger partial charge in [0, 0.05) is 26.2 Å². The van der Waals surface area contributed by atoms with Crippen molar-refractivity contribution in [1.82, 2.24) is 15.1 Å². The Morgan fingerprint density at radius 3 is 2.48 bits per heavy atom. The fourth-order valence-electron chi connectivity index (χ4n) is 3.74. The van der Waals surface area contributed by atoms with Crippen LogP contribution in [0.25, 0.3) is 0 Å². The molecule has 1 aliphatic heterocycles. The van der Waals surface area contributed by atoms with Crippen molar-refractivity contribution < 1.29 is 14.3 Å². The number of esters is 1. The SMILES string of the molecule is COC(=O)c1ccccc1C(=O)N1CCN(c2cc3c(nn2)CCC3)CC1. The first kappa shape index (κ1) is 17.5. The van der Waals surface area contributed by atoms with Crippen LogP contribution in [0.3, 0.4) is 0 Å². The van der Waals surface area contributed by atoms with Gasteiger partial charge in [0.05, 0.1) is 23.9 Å². The summed E-state index contributed by atoms with van der Waals surface area (Å²) in [5, 5.41) is 8.71. The van der Waals surface area contributed by atoms with Crippen LogP contribution in [0.2, 0.25) is 0 Å². The first-order valence-electron chi connectivity index (χ1n) is 9.24. The maximum Gasteiger partial charge on any atom is 0.338 e. The number of hydrogen-bond donors (Lipinski definition) is 0. The number of ether oxygens (including phenoxy) is 1. The number of piperazine rings is 1. The molecule has 0 unspecified atom stereocenters. The predicted octanol–water partition coefficient (Wildman–Crippen LogP) is 1.71. The Morgan fingerprint density at radius 2 is 1.74 bits per heavy atom. The topological polar surface area (TPSA) is 75.6 Å². The van der Waals surface area contributed by atoms with Gasteiger partial charge in [-0.05, 0) is 43.0 Å². The Balaban J connectivity index is 1.45. The number of fused-ring (bicyclic) bond motifs is 1. The molecule has 0 atom stereocenters. The van der Waals surface area contributed by atoms with Crippen molar-refractivity contribution in [3.8, 4) is 0 Å². The first-order chi connectivity index (χ1) is 13.2. The van der Waals surface area contributed by atoms with Crippen LogP contribution in [-0.4, -0.2) is 60.3 Å². The number of aromatic nitrogens is 2. The fraction of sp³-hybridized carbons (Fsp3) is 0.400. The second-order valence-corrected chi connectivity index (χ2v) is 6.84. The number of hydrogen-bond acceptors (Lipinski definition) is 6. The molecule has 1 aliphatic carbocycles. The molecular formula is C20H22N4O3. The molecule has 140 valence electrons. The number of nitrogens with zero attached hydrogens (tertiary/aromatic N) is 4. The van der Waals surface area contributed by atoms with Crippen LogP contribution in [0.1, 0.15) is 38.4 Å². The third-order valence-corrected chi connectivity index (χ3v) is 5.26. The minimum Gasteiger partial charge on any atom is -0.465 e. The average Bonchev–Trinajstić information content (AvgIpc) is 3.20. The second-order valence-electron chi connectivity index (χ2n) is 6.84. The Morgan fingerprint density at radius 1 is 1.00 bits per heavy atom. The number of rotatable bonds is 3. The summed E-state index contributed by atoms with van der Waals surface area (Å²) in [6.45, 7) is 2.54. The summed E-state index contributed by atoms with van der Waals surface area (Å²) >= 11 is 0. The molecule has 7 nitrogen and oxygen atoms in total. The summed E-state index contributed by atoms with van der Waals surface area (Å²) in [5.41, 5.74) is 3.10. The Kier molecular flexibility index (Phi) is 4.75. The molecule has 0 saturated carbocycles. The zero-order valence-corrected chi connectivity index (χ0v) is 15.4. The summed E-state index contributed by atoms with van der Waals surface area (Å²) in [7, 11) is 1.32. The van der Waals surface area contributed by atoms with Crippen molar-refractivity contribution in [2.45, 2.75) is 19.3 Å². The van der Waals surface area contributed by atoms with Crippen LogP contribution in [0.4, 0.5) is 5.82 Å². The van der Waals surface area contributed by atoms with Crippen LogP contribution >= 0.6 is 0 Å². The summed E-state index contributed by atoms with van der Waals surface area (Å²) in [6, 6.07) is 8.92. The molecule has 1 aromatic heterocycles. The van der Waals surface area contributed by atoms with E-state index in [0.29, 0.717) is 37.3 Å². The summed E-state index contributed by atoms with van der Waals surface area (Å²) in [4.78, 5) is 28.8. The third kappa shape index (κ3) is 3.37. The quantitative estimate of drug-likeness (QED) is 0.770. The molecule has 2 aromatic rings. The highest BCUT2D eigenvalue weighted by molar-refractivity contribution is 6.05. The summed E-state index contributed by atoms with van der Waals surface area (Å²) in [5.74, 6) is 0.249. The largest absolute Gasteiger partial charge is 0.465 e. The zero-order valence-electron chi connectivity index (χ0n) is 15.4. The second kappa shape index (κ2) is 7.34. The normalized spacial score (nSPS) is 16.2. The lowest BCUT2D eigenvalue weighted by Crippen LogP contribution is -2.49. The summed E-state index contributed by atoms with van der Waals surface area (Å²) < 4.78 is 4.79. The highest BCUT2D eigenvalue weighted by Gasteiger charge is 2.26. The van der Waals surface area contributed by atoms with Crippen LogP contribution in [-0.2, 0) is 17.6 Å². The van der Waals surface area contributed by atoms with Gasteiger partial charge >= 0.3 is 5.97 Å². The van der Waals surface area contributed by atoms with E-state index in [1.165, 1.54) is 12.7 Å². The zero-order chi connectivity index (χ0) is 18.8. The molecule has 4 rings (SSSR count). The lowest BCUT2D eigenvalue weighted by molar-refractivity contribution is 0.0589. The van der Waals surface area contributed by atoms with E-state index in [-0.39, 0.29) is 5.91 Å². The van der Waals surface area contributed by atoms with Gasteiger partial charge in [-0.15, -0.1) is 5.10 Å². The maximum absolute atomic E-state index is 12.9. The van der Waals surface area contributed by atoms with E-state index in [4.69, 9.17) is 4.74 Å². The average molecular weight is 366 g/mol. The molecule has 0 N–H and O–H groups in total. The molecule has 1 aromatic carbocycles. The number of carbonyl (C=O) groups is 2. The van der Waals surface area contributed by atoms with E-state index in [0.717, 1.165) is 30.8 Å². The van der Waals surface area contributed by atoms with E-state index in [9.17, 15) is 9.59 Å². The molecular weight excluding hydrogens is 344 g/mol. The van der Waals surface area contributed by atoms with Crippen LogP contribution in [0.5, 0.6) is 0 Å². The summed E-state index contributed by atoms with van der Waals surface area (Å²) in [6.07, 6.45) is 3.24. The van der Waals surface area contributed by atoms with Crippen molar-refractivity contribution in [3.05, 3.63) is 52.7 Å². The Bertz CT molecular complexity index is 875. The van der Waals surface area contributed by atoms with Gasteiger partial charge in [0.15, 0.2) is 5.82 Å². The van der Waals surface area contributed by atoms with Crippen LogP contribution in [0, 0.1) is 0 Å². The van der Waals surface area contributed by atoms with E-state index in [1.807, 2.05) is 0 Å². The van der Waals surface area contributed by atoms with E-state index < -0.39 is 5.97 Å². The highest BCUT2D eigenvalue weighted by atomic mass is 16.5. The maximum atomic E-state index is 12.9. The van der Waals surface area contributed by atoms with Crippen molar-refractivity contribution in [2.24, 2.45) is 0 Å². The third-order valence-electron chi connectivity index (χ3n) is 5.26. The number of aryl methyl sites for hydroxylation is 2. The van der Waals surface area contributed by atoms with Crippen molar-refractivity contribution >= 4 is 17.7 Å². The van der Waals surface area contributed by atoms with Crippen molar-refractivity contribution in [2.75, 3.05) is 38.2 Å². The lowest BCUT2D eigenvalue weighted by atomic mass is 10.1. The van der Waals surface area contributed by atoms with Gasteiger partial charge in [0.2, 0.25) is 0 Å². The Hall–Kier alpha value is -2.96. The number of amides is 1. The monoisotopic (exact) mass is 366 g/mol. The minimum atomic E-state index is -0.494. The van der Waals surface area contributed by atoms with Gasteiger partial charge in [-0.1, -0.05) is 12.1 Å².